The van der Waals surface area contributed by atoms with E-state index in [4.69, 9.17) is 0 Å². The number of hydrogen-bond donors (Lipinski definition) is 1. The zero-order valence-corrected chi connectivity index (χ0v) is 11.9. The van der Waals surface area contributed by atoms with Gasteiger partial charge < -0.3 is 0 Å². The molecule has 0 saturated heterocycles. The van der Waals surface area contributed by atoms with Crippen LogP contribution in [-0.2, 0) is 10.0 Å². The minimum absolute atomic E-state index is 0.385. The third-order valence-corrected chi connectivity index (χ3v) is 5.22. The molecule has 0 fully saturated rings. The van der Waals surface area contributed by atoms with Gasteiger partial charge in [-0.3, -0.25) is 0 Å². The van der Waals surface area contributed by atoms with Gasteiger partial charge in [0.15, 0.2) is 0 Å². The molecular formula is C9H14BrNO2S2. The van der Waals surface area contributed by atoms with Crippen LogP contribution in [0, 0.1) is 6.92 Å². The van der Waals surface area contributed by atoms with E-state index in [0.717, 1.165) is 21.5 Å². The number of sulfonamides is 1. The summed E-state index contributed by atoms with van der Waals surface area (Å²) in [6.07, 6.45) is 1.85. The van der Waals surface area contributed by atoms with Crippen LogP contribution in [0.25, 0.3) is 0 Å². The van der Waals surface area contributed by atoms with Crippen molar-refractivity contribution in [1.29, 1.82) is 0 Å². The first-order valence-electron chi connectivity index (χ1n) is 4.73. The summed E-state index contributed by atoms with van der Waals surface area (Å²) in [6.45, 7) is 4.34. The van der Waals surface area contributed by atoms with Gasteiger partial charge in [0, 0.05) is 11.4 Å². The number of unbranched alkanes of at least 4 members (excludes halogenated alkanes) is 1. The first-order chi connectivity index (χ1) is 6.97. The molecule has 0 bridgehead atoms. The predicted octanol–water partition coefficient (Wildman–Crippen LogP) is 2.90. The Hall–Kier alpha value is 0.0900. The van der Waals surface area contributed by atoms with Crippen molar-refractivity contribution in [1.82, 2.24) is 4.72 Å². The van der Waals surface area contributed by atoms with Crippen LogP contribution in [-0.4, -0.2) is 15.0 Å². The smallest absolute Gasteiger partial charge is 0.211 e. The molecule has 1 N–H and O–H groups in total. The highest BCUT2D eigenvalue weighted by atomic mass is 79.9. The molecule has 3 nitrogen and oxygen atoms in total. The molecule has 1 rings (SSSR count). The number of nitrogens with one attached hydrogen (secondary N) is 1. The van der Waals surface area contributed by atoms with Crippen molar-refractivity contribution in [3.63, 3.8) is 0 Å². The minimum Gasteiger partial charge on any atom is -0.211 e. The standard InChI is InChI=1S/C9H14BrNO2S2/c1-3-4-5-11-15(12,13)8-6-9(10)14-7(8)2/h6,11H,3-5H2,1-2H3. The summed E-state index contributed by atoms with van der Waals surface area (Å²) in [5.74, 6) is 0. The third kappa shape index (κ3) is 3.55. The summed E-state index contributed by atoms with van der Waals surface area (Å²) >= 11 is 4.72. The second-order valence-corrected chi connectivity index (χ2v) is 7.59. The van der Waals surface area contributed by atoms with Gasteiger partial charge in [-0.2, -0.15) is 0 Å². The van der Waals surface area contributed by atoms with Crippen LogP contribution >= 0.6 is 27.3 Å². The van der Waals surface area contributed by atoms with Crippen LogP contribution in [0.3, 0.4) is 0 Å². The molecule has 0 amide bonds. The van der Waals surface area contributed by atoms with Crippen LogP contribution in [0.4, 0.5) is 0 Å². The van der Waals surface area contributed by atoms with Crippen LogP contribution < -0.4 is 4.72 Å². The Bertz CT molecular complexity index is 425. The summed E-state index contributed by atoms with van der Waals surface area (Å²) in [5, 5.41) is 0. The van der Waals surface area contributed by atoms with Crippen molar-refractivity contribution in [2.75, 3.05) is 6.54 Å². The average Bonchev–Trinajstić information content (AvgIpc) is 2.46. The lowest BCUT2D eigenvalue weighted by molar-refractivity contribution is 0.578. The van der Waals surface area contributed by atoms with E-state index in [-0.39, 0.29) is 0 Å². The van der Waals surface area contributed by atoms with Crippen molar-refractivity contribution in [3.8, 4) is 0 Å². The molecular weight excluding hydrogens is 298 g/mol. The molecule has 1 aromatic heterocycles. The number of aryl methyl sites for hydroxylation is 1. The van der Waals surface area contributed by atoms with Gasteiger partial charge in [0.25, 0.3) is 0 Å². The van der Waals surface area contributed by atoms with Gasteiger partial charge in [-0.05, 0) is 35.3 Å². The second-order valence-electron chi connectivity index (χ2n) is 3.22. The fraction of sp³-hybridized carbons (Fsp3) is 0.556. The zero-order chi connectivity index (χ0) is 11.5. The van der Waals surface area contributed by atoms with Gasteiger partial charge in [-0.15, -0.1) is 11.3 Å². The molecule has 1 aromatic rings. The summed E-state index contributed by atoms with van der Waals surface area (Å²) in [5.41, 5.74) is 0. The van der Waals surface area contributed by atoms with Crippen LogP contribution in [0.1, 0.15) is 24.6 Å². The maximum absolute atomic E-state index is 11.8. The van der Waals surface area contributed by atoms with Gasteiger partial charge in [0.2, 0.25) is 10.0 Å². The van der Waals surface area contributed by atoms with E-state index in [1.54, 1.807) is 6.07 Å². The first kappa shape index (κ1) is 13.2. The lowest BCUT2D eigenvalue weighted by atomic mass is 10.3. The first-order valence-corrected chi connectivity index (χ1v) is 7.82. The van der Waals surface area contributed by atoms with Gasteiger partial charge in [-0.1, -0.05) is 13.3 Å². The molecule has 0 unspecified atom stereocenters. The van der Waals surface area contributed by atoms with E-state index >= 15 is 0 Å². The average molecular weight is 312 g/mol. The number of thiophene rings is 1. The summed E-state index contributed by atoms with van der Waals surface area (Å²) < 4.78 is 27.1. The maximum Gasteiger partial charge on any atom is 0.241 e. The molecule has 0 aliphatic rings. The molecule has 0 atom stereocenters. The van der Waals surface area contributed by atoms with E-state index in [2.05, 4.69) is 20.7 Å². The summed E-state index contributed by atoms with van der Waals surface area (Å²) in [7, 11) is -3.31. The third-order valence-electron chi connectivity index (χ3n) is 1.95. The number of hydrogen-bond acceptors (Lipinski definition) is 3. The van der Waals surface area contributed by atoms with Gasteiger partial charge in [-0.25, -0.2) is 13.1 Å². The maximum atomic E-state index is 11.8. The number of rotatable bonds is 5. The Kier molecular flexibility index (Phi) is 4.76. The molecule has 0 aromatic carbocycles. The monoisotopic (exact) mass is 311 g/mol. The lowest BCUT2D eigenvalue weighted by Crippen LogP contribution is -2.24. The highest BCUT2D eigenvalue weighted by Gasteiger charge is 2.18. The fourth-order valence-electron chi connectivity index (χ4n) is 1.16. The number of halogens is 1. The second kappa shape index (κ2) is 5.43. The largest absolute Gasteiger partial charge is 0.241 e. The molecule has 6 heteroatoms. The van der Waals surface area contributed by atoms with Gasteiger partial charge >= 0.3 is 0 Å². The Balaban J connectivity index is 2.82. The molecule has 1 heterocycles. The highest BCUT2D eigenvalue weighted by molar-refractivity contribution is 9.11. The highest BCUT2D eigenvalue weighted by Crippen LogP contribution is 2.29. The fourth-order valence-corrected chi connectivity index (χ4v) is 4.64. The molecule has 86 valence electrons. The van der Waals surface area contributed by atoms with Gasteiger partial charge in [0.05, 0.1) is 8.68 Å². The molecule has 0 aliphatic heterocycles. The van der Waals surface area contributed by atoms with Crippen molar-refractivity contribution in [2.45, 2.75) is 31.6 Å². The summed E-state index contributed by atoms with van der Waals surface area (Å²) in [6, 6.07) is 1.65. The van der Waals surface area contributed by atoms with E-state index in [9.17, 15) is 8.42 Å². The summed E-state index contributed by atoms with van der Waals surface area (Å²) in [4.78, 5) is 1.20. The molecule has 0 radical (unpaired) electrons. The lowest BCUT2D eigenvalue weighted by Gasteiger charge is -2.04. The minimum atomic E-state index is -3.31. The van der Waals surface area contributed by atoms with E-state index in [1.807, 2.05) is 13.8 Å². The van der Waals surface area contributed by atoms with Gasteiger partial charge in [0.1, 0.15) is 0 Å². The van der Waals surface area contributed by atoms with Crippen molar-refractivity contribution < 1.29 is 8.42 Å². The van der Waals surface area contributed by atoms with Crippen LogP contribution in [0.15, 0.2) is 14.7 Å². The Morgan fingerprint density at radius 2 is 2.20 bits per heavy atom. The van der Waals surface area contributed by atoms with Crippen molar-refractivity contribution in [2.24, 2.45) is 0 Å². The Labute approximate surface area is 103 Å². The van der Waals surface area contributed by atoms with Crippen molar-refractivity contribution >= 4 is 37.3 Å². The normalized spacial score (nSPS) is 11.9. The van der Waals surface area contributed by atoms with Crippen molar-refractivity contribution in [3.05, 3.63) is 14.7 Å². The SMILES string of the molecule is CCCCNS(=O)(=O)c1cc(Br)sc1C. The van der Waals surface area contributed by atoms with E-state index < -0.39 is 10.0 Å². The molecule has 0 spiro atoms. The topological polar surface area (TPSA) is 46.2 Å². The van der Waals surface area contributed by atoms with E-state index in [0.29, 0.717) is 11.4 Å². The molecule has 0 aliphatic carbocycles. The quantitative estimate of drug-likeness (QED) is 0.850. The van der Waals surface area contributed by atoms with Crippen LogP contribution in [0.5, 0.6) is 0 Å². The molecule has 15 heavy (non-hydrogen) atoms. The van der Waals surface area contributed by atoms with Crippen LogP contribution in [0.2, 0.25) is 0 Å². The Morgan fingerprint density at radius 1 is 1.53 bits per heavy atom. The Morgan fingerprint density at radius 3 is 2.67 bits per heavy atom. The van der Waals surface area contributed by atoms with E-state index in [1.165, 1.54) is 11.3 Å². The zero-order valence-electron chi connectivity index (χ0n) is 8.71. The predicted molar refractivity (Wildman–Crippen MR) is 66.9 cm³/mol. The molecule has 0 saturated carbocycles.